The molecule has 5 nitrogen and oxygen atoms in total. The normalized spacial score (nSPS) is 30.4. The molecule has 0 spiro atoms. The van der Waals surface area contributed by atoms with Gasteiger partial charge in [-0.3, -0.25) is 13.8 Å². The van der Waals surface area contributed by atoms with Crippen LogP contribution in [0.4, 0.5) is 0 Å². The van der Waals surface area contributed by atoms with Gasteiger partial charge in [-0.2, -0.15) is 0 Å². The van der Waals surface area contributed by atoms with Gasteiger partial charge in [0.15, 0.2) is 0 Å². The molecule has 1 heterocycles. The second kappa shape index (κ2) is 6.24. The van der Waals surface area contributed by atoms with E-state index in [4.69, 9.17) is 0 Å². The summed E-state index contributed by atoms with van der Waals surface area (Å²) in [4.78, 5) is 26.7. The lowest BCUT2D eigenvalue weighted by atomic mass is 9.88. The van der Waals surface area contributed by atoms with Gasteiger partial charge in [0.25, 0.3) is 0 Å². The number of rotatable bonds is 5. The summed E-state index contributed by atoms with van der Waals surface area (Å²) in [5, 5.41) is 2.70. The highest BCUT2D eigenvalue weighted by molar-refractivity contribution is 7.84. The molecule has 0 aromatic heterocycles. The Morgan fingerprint density at radius 2 is 1.90 bits per heavy atom. The van der Waals surface area contributed by atoms with Crippen molar-refractivity contribution in [2.45, 2.75) is 57.9 Å². The van der Waals surface area contributed by atoms with E-state index in [9.17, 15) is 13.8 Å². The second-order valence-corrected chi connectivity index (χ2v) is 7.93. The molecule has 0 bridgehead atoms. The summed E-state index contributed by atoms with van der Waals surface area (Å²) in [6, 6.07) is -0.479. The molecule has 0 aromatic rings. The standard InChI is InChI=1S/C14H26N2O3S/c1-7-14(5)13(18)16(8-10(4)20(6)19)11(9(2)3)12(17)15-14/h9-11H,7-8H2,1-6H3,(H,15,17). The van der Waals surface area contributed by atoms with Crippen LogP contribution in [0.2, 0.25) is 0 Å². The largest absolute Gasteiger partial charge is 0.340 e. The lowest BCUT2D eigenvalue weighted by molar-refractivity contribution is -0.156. The molecule has 6 heteroatoms. The summed E-state index contributed by atoms with van der Waals surface area (Å²) in [6.45, 7) is 9.68. The van der Waals surface area contributed by atoms with E-state index in [0.29, 0.717) is 13.0 Å². The highest BCUT2D eigenvalue weighted by Crippen LogP contribution is 2.25. The Hall–Kier alpha value is -0.910. The highest BCUT2D eigenvalue weighted by Gasteiger charge is 2.48. The predicted octanol–water partition coefficient (Wildman–Crippen LogP) is 0.905. The van der Waals surface area contributed by atoms with E-state index < -0.39 is 22.4 Å². The maximum atomic E-state index is 12.7. The molecule has 0 radical (unpaired) electrons. The van der Waals surface area contributed by atoms with Gasteiger partial charge in [0.2, 0.25) is 11.8 Å². The summed E-state index contributed by atoms with van der Waals surface area (Å²) >= 11 is 0. The Bertz CT molecular complexity index is 425. The minimum atomic E-state index is -1.02. The Labute approximate surface area is 123 Å². The van der Waals surface area contributed by atoms with Crippen LogP contribution < -0.4 is 5.32 Å². The number of carbonyl (C=O) groups excluding carboxylic acids is 2. The molecule has 4 atom stereocenters. The van der Waals surface area contributed by atoms with E-state index in [1.165, 1.54) is 0 Å². The number of nitrogens with one attached hydrogen (secondary N) is 1. The molecule has 0 aliphatic carbocycles. The molecular weight excluding hydrogens is 276 g/mol. The number of piperazine rings is 1. The van der Waals surface area contributed by atoms with Crippen molar-refractivity contribution < 1.29 is 13.8 Å². The van der Waals surface area contributed by atoms with Crippen molar-refractivity contribution in [1.29, 1.82) is 0 Å². The van der Waals surface area contributed by atoms with Crippen molar-refractivity contribution in [2.75, 3.05) is 12.8 Å². The molecule has 1 N–H and O–H groups in total. The van der Waals surface area contributed by atoms with Gasteiger partial charge in [0.1, 0.15) is 11.6 Å². The maximum absolute atomic E-state index is 12.7. The van der Waals surface area contributed by atoms with Gasteiger partial charge in [0.05, 0.1) is 0 Å². The molecule has 1 fully saturated rings. The lowest BCUT2D eigenvalue weighted by Crippen LogP contribution is -2.70. The molecule has 0 saturated carbocycles. The summed E-state index contributed by atoms with van der Waals surface area (Å²) in [5.74, 6) is -0.161. The zero-order valence-electron chi connectivity index (χ0n) is 13.2. The number of carbonyl (C=O) groups is 2. The highest BCUT2D eigenvalue weighted by atomic mass is 32.2. The first-order valence-corrected chi connectivity index (χ1v) is 8.71. The number of amides is 2. The van der Waals surface area contributed by atoms with Crippen LogP contribution in [0.1, 0.15) is 41.0 Å². The first-order chi connectivity index (χ1) is 9.14. The monoisotopic (exact) mass is 302 g/mol. The van der Waals surface area contributed by atoms with Crippen LogP contribution in [-0.4, -0.2) is 50.6 Å². The zero-order valence-corrected chi connectivity index (χ0v) is 14.0. The first-order valence-electron chi connectivity index (χ1n) is 7.09. The number of hydrogen-bond donors (Lipinski definition) is 1. The molecule has 4 unspecified atom stereocenters. The van der Waals surface area contributed by atoms with E-state index in [0.717, 1.165) is 0 Å². The SMILES string of the molecule is CCC1(C)NC(=O)C(C(C)C)N(CC(C)S(C)=O)C1=O. The summed E-state index contributed by atoms with van der Waals surface area (Å²) in [7, 11) is -1.02. The average Bonchev–Trinajstić information content (AvgIpc) is 2.34. The third kappa shape index (κ3) is 3.22. The zero-order chi connectivity index (χ0) is 15.7. The molecule has 1 aliphatic rings. The molecule has 1 aliphatic heterocycles. The molecule has 1 saturated heterocycles. The van der Waals surface area contributed by atoms with Crippen LogP contribution in [0.15, 0.2) is 0 Å². The molecular formula is C14H26N2O3S. The van der Waals surface area contributed by atoms with Crippen LogP contribution in [0.25, 0.3) is 0 Å². The summed E-state index contributed by atoms with van der Waals surface area (Å²) in [5.41, 5.74) is -0.850. The Balaban J connectivity index is 3.11. The van der Waals surface area contributed by atoms with Gasteiger partial charge in [-0.25, -0.2) is 0 Å². The van der Waals surface area contributed by atoms with E-state index in [2.05, 4.69) is 5.32 Å². The number of hydrogen-bond acceptors (Lipinski definition) is 3. The van der Waals surface area contributed by atoms with Gasteiger partial charge >= 0.3 is 0 Å². The minimum Gasteiger partial charge on any atom is -0.340 e. The fraction of sp³-hybridized carbons (Fsp3) is 0.857. The molecule has 20 heavy (non-hydrogen) atoms. The van der Waals surface area contributed by atoms with E-state index in [1.807, 2.05) is 27.7 Å². The minimum absolute atomic E-state index is 0.0258. The maximum Gasteiger partial charge on any atom is 0.248 e. The van der Waals surface area contributed by atoms with Crippen molar-refractivity contribution in [2.24, 2.45) is 5.92 Å². The summed E-state index contributed by atoms with van der Waals surface area (Å²) < 4.78 is 11.6. The Morgan fingerprint density at radius 3 is 2.30 bits per heavy atom. The fourth-order valence-electron chi connectivity index (χ4n) is 2.46. The fourth-order valence-corrected chi connectivity index (χ4v) is 2.84. The van der Waals surface area contributed by atoms with Crippen LogP contribution in [0.5, 0.6) is 0 Å². The van der Waals surface area contributed by atoms with Crippen molar-refractivity contribution in [3.05, 3.63) is 0 Å². The van der Waals surface area contributed by atoms with E-state index >= 15 is 0 Å². The lowest BCUT2D eigenvalue weighted by Gasteiger charge is -2.46. The number of nitrogens with zero attached hydrogens (tertiary/aromatic N) is 1. The third-order valence-corrected chi connectivity index (χ3v) is 5.38. The molecule has 1 rings (SSSR count). The Kier molecular flexibility index (Phi) is 5.35. The quantitative estimate of drug-likeness (QED) is 0.821. The van der Waals surface area contributed by atoms with Gasteiger partial charge in [-0.15, -0.1) is 0 Å². The Morgan fingerprint density at radius 1 is 1.35 bits per heavy atom. The van der Waals surface area contributed by atoms with Crippen molar-refractivity contribution >= 4 is 22.6 Å². The topological polar surface area (TPSA) is 66.5 Å². The van der Waals surface area contributed by atoms with Gasteiger partial charge in [0, 0.05) is 28.9 Å². The van der Waals surface area contributed by atoms with Crippen LogP contribution in [0.3, 0.4) is 0 Å². The smallest absolute Gasteiger partial charge is 0.248 e. The average molecular weight is 302 g/mol. The molecule has 116 valence electrons. The van der Waals surface area contributed by atoms with E-state index in [-0.39, 0.29) is 23.0 Å². The third-order valence-electron chi connectivity index (χ3n) is 4.10. The van der Waals surface area contributed by atoms with Gasteiger partial charge in [-0.05, 0) is 26.2 Å². The first kappa shape index (κ1) is 17.1. The molecule has 2 amide bonds. The summed E-state index contributed by atoms with van der Waals surface area (Å²) in [6.07, 6.45) is 2.17. The van der Waals surface area contributed by atoms with Crippen molar-refractivity contribution in [3.63, 3.8) is 0 Å². The second-order valence-electron chi connectivity index (χ2n) is 6.13. The van der Waals surface area contributed by atoms with Crippen molar-refractivity contribution in [3.8, 4) is 0 Å². The van der Waals surface area contributed by atoms with Crippen LogP contribution >= 0.6 is 0 Å². The van der Waals surface area contributed by atoms with E-state index in [1.54, 1.807) is 18.1 Å². The van der Waals surface area contributed by atoms with Gasteiger partial charge in [-0.1, -0.05) is 20.8 Å². The van der Waals surface area contributed by atoms with Crippen LogP contribution in [-0.2, 0) is 20.4 Å². The van der Waals surface area contributed by atoms with Crippen molar-refractivity contribution in [1.82, 2.24) is 10.2 Å². The molecule has 0 aromatic carbocycles. The predicted molar refractivity (Wildman–Crippen MR) is 80.7 cm³/mol. The van der Waals surface area contributed by atoms with Crippen LogP contribution in [0, 0.1) is 5.92 Å². The van der Waals surface area contributed by atoms with Gasteiger partial charge < -0.3 is 10.2 Å².